The van der Waals surface area contributed by atoms with Gasteiger partial charge in [-0.3, -0.25) is 0 Å². The lowest BCUT2D eigenvalue weighted by Crippen LogP contribution is -2.01. The van der Waals surface area contributed by atoms with Crippen LogP contribution >= 0.6 is 0 Å². The van der Waals surface area contributed by atoms with Gasteiger partial charge in [0.05, 0.1) is 13.2 Å². The first-order valence-electron chi connectivity index (χ1n) is 12.0. The van der Waals surface area contributed by atoms with Crippen molar-refractivity contribution in [1.82, 2.24) is 0 Å². The molecule has 168 valence electrons. The zero-order chi connectivity index (χ0) is 23.2. The van der Waals surface area contributed by atoms with E-state index >= 15 is 0 Å². The molecule has 0 aromatic heterocycles. The van der Waals surface area contributed by atoms with Crippen molar-refractivity contribution in [1.29, 1.82) is 0 Å². The molecule has 0 fully saturated rings. The third-order valence-electron chi connectivity index (χ3n) is 6.30. The van der Waals surface area contributed by atoms with Gasteiger partial charge in [-0.25, -0.2) is 0 Å². The molecule has 1 heteroatoms. The van der Waals surface area contributed by atoms with Gasteiger partial charge in [0.1, 0.15) is 0 Å². The summed E-state index contributed by atoms with van der Waals surface area (Å²) < 4.78 is 6.33. The van der Waals surface area contributed by atoms with Crippen molar-refractivity contribution in [2.75, 3.05) is 0 Å². The Morgan fingerprint density at radius 1 is 0.455 bits per heavy atom. The van der Waals surface area contributed by atoms with E-state index in [-0.39, 0.29) is 0 Å². The SMILES string of the molecule is CC(C)c1ccccc1-c1ccccc1COCc1ccccc1-c1ccccc1C(C)C. The van der Waals surface area contributed by atoms with Gasteiger partial charge in [-0.05, 0) is 56.3 Å². The first-order valence-corrected chi connectivity index (χ1v) is 12.0. The largest absolute Gasteiger partial charge is 0.372 e. The van der Waals surface area contributed by atoms with Crippen LogP contribution in [0.15, 0.2) is 97.1 Å². The predicted molar refractivity (Wildman–Crippen MR) is 140 cm³/mol. The summed E-state index contributed by atoms with van der Waals surface area (Å²) in [6.07, 6.45) is 0. The van der Waals surface area contributed by atoms with Gasteiger partial charge in [-0.15, -0.1) is 0 Å². The highest BCUT2D eigenvalue weighted by Gasteiger charge is 2.13. The van der Waals surface area contributed by atoms with Crippen LogP contribution in [-0.4, -0.2) is 0 Å². The number of ether oxygens (including phenoxy) is 1. The van der Waals surface area contributed by atoms with Crippen LogP contribution in [-0.2, 0) is 18.0 Å². The Morgan fingerprint density at radius 2 is 0.788 bits per heavy atom. The molecule has 0 N–H and O–H groups in total. The fraction of sp³-hybridized carbons (Fsp3) is 0.250. The molecule has 0 unspecified atom stereocenters. The molecule has 0 amide bonds. The highest BCUT2D eigenvalue weighted by atomic mass is 16.5. The molecule has 4 aromatic rings. The molecule has 0 bridgehead atoms. The minimum atomic E-state index is 0.475. The van der Waals surface area contributed by atoms with Gasteiger partial charge in [0.15, 0.2) is 0 Å². The monoisotopic (exact) mass is 434 g/mol. The van der Waals surface area contributed by atoms with Crippen molar-refractivity contribution in [2.24, 2.45) is 0 Å². The second-order valence-electron chi connectivity index (χ2n) is 9.29. The van der Waals surface area contributed by atoms with E-state index in [4.69, 9.17) is 4.74 Å². The maximum Gasteiger partial charge on any atom is 0.0727 e. The highest BCUT2D eigenvalue weighted by Crippen LogP contribution is 2.33. The predicted octanol–water partition coefficient (Wildman–Crippen LogP) is 8.98. The zero-order valence-electron chi connectivity index (χ0n) is 20.2. The molecule has 0 aliphatic carbocycles. The Labute approximate surface area is 199 Å². The second kappa shape index (κ2) is 10.6. The molecule has 4 aromatic carbocycles. The van der Waals surface area contributed by atoms with Crippen LogP contribution in [0.5, 0.6) is 0 Å². The van der Waals surface area contributed by atoms with E-state index < -0.39 is 0 Å². The average molecular weight is 435 g/mol. The summed E-state index contributed by atoms with van der Waals surface area (Å²) in [6.45, 7) is 10.2. The van der Waals surface area contributed by atoms with Gasteiger partial charge >= 0.3 is 0 Å². The van der Waals surface area contributed by atoms with Crippen LogP contribution in [0, 0.1) is 0 Å². The van der Waals surface area contributed by atoms with E-state index in [1.165, 1.54) is 44.5 Å². The van der Waals surface area contributed by atoms with Crippen LogP contribution in [0.4, 0.5) is 0 Å². The fourth-order valence-electron chi connectivity index (χ4n) is 4.58. The Bertz CT molecular complexity index is 1110. The van der Waals surface area contributed by atoms with Crippen molar-refractivity contribution in [3.63, 3.8) is 0 Å². The quantitative estimate of drug-likeness (QED) is 0.269. The number of benzene rings is 4. The van der Waals surface area contributed by atoms with Crippen molar-refractivity contribution in [2.45, 2.75) is 52.7 Å². The third kappa shape index (κ3) is 5.26. The molecule has 0 spiro atoms. The fourth-order valence-corrected chi connectivity index (χ4v) is 4.58. The smallest absolute Gasteiger partial charge is 0.0727 e. The van der Waals surface area contributed by atoms with Crippen LogP contribution in [0.2, 0.25) is 0 Å². The summed E-state index contributed by atoms with van der Waals surface area (Å²) in [5.74, 6) is 0.950. The Kier molecular flexibility index (Phi) is 7.42. The molecular formula is C32H34O. The molecule has 0 aliphatic rings. The molecule has 0 atom stereocenters. The van der Waals surface area contributed by atoms with E-state index in [0.29, 0.717) is 25.0 Å². The van der Waals surface area contributed by atoms with Crippen molar-refractivity contribution >= 4 is 0 Å². The minimum absolute atomic E-state index is 0.475. The van der Waals surface area contributed by atoms with Gasteiger partial charge in [-0.1, -0.05) is 125 Å². The molecule has 0 saturated carbocycles. The molecule has 4 rings (SSSR count). The van der Waals surface area contributed by atoms with Crippen molar-refractivity contribution < 1.29 is 4.74 Å². The summed E-state index contributed by atoms with van der Waals surface area (Å²) >= 11 is 0. The molecule has 0 saturated heterocycles. The van der Waals surface area contributed by atoms with E-state index in [9.17, 15) is 0 Å². The summed E-state index contributed by atoms with van der Waals surface area (Å²) in [4.78, 5) is 0. The maximum atomic E-state index is 6.33. The second-order valence-corrected chi connectivity index (χ2v) is 9.29. The topological polar surface area (TPSA) is 9.23 Å². The lowest BCUT2D eigenvalue weighted by Gasteiger charge is -2.18. The minimum Gasteiger partial charge on any atom is -0.372 e. The van der Waals surface area contributed by atoms with Gasteiger partial charge in [0.25, 0.3) is 0 Å². The summed E-state index contributed by atoms with van der Waals surface area (Å²) in [6, 6.07) is 34.7. The summed E-state index contributed by atoms with van der Waals surface area (Å²) in [7, 11) is 0. The first kappa shape index (κ1) is 23.0. The molecule has 1 nitrogen and oxygen atoms in total. The standard InChI is InChI=1S/C32H34O/c1-23(2)27-15-9-11-19-31(27)29-17-7-5-13-25(29)21-33-22-26-14-6-8-18-30(26)32-20-12-10-16-28(32)24(3)4/h5-20,23-24H,21-22H2,1-4H3. The van der Waals surface area contributed by atoms with Crippen LogP contribution in [0.1, 0.15) is 61.8 Å². The van der Waals surface area contributed by atoms with E-state index in [1.54, 1.807) is 0 Å². The number of hydrogen-bond acceptors (Lipinski definition) is 1. The molecule has 0 aliphatic heterocycles. The lowest BCUT2D eigenvalue weighted by atomic mass is 9.90. The Hall–Kier alpha value is -3.16. The van der Waals surface area contributed by atoms with Gasteiger partial charge < -0.3 is 4.74 Å². The van der Waals surface area contributed by atoms with Crippen LogP contribution in [0.3, 0.4) is 0 Å². The zero-order valence-corrected chi connectivity index (χ0v) is 20.2. The average Bonchev–Trinajstić information content (AvgIpc) is 2.84. The van der Waals surface area contributed by atoms with Crippen molar-refractivity contribution in [3.8, 4) is 22.3 Å². The van der Waals surface area contributed by atoms with E-state index in [1.807, 2.05) is 0 Å². The lowest BCUT2D eigenvalue weighted by molar-refractivity contribution is 0.108. The van der Waals surface area contributed by atoms with E-state index in [0.717, 1.165) is 0 Å². The highest BCUT2D eigenvalue weighted by molar-refractivity contribution is 5.72. The summed E-state index contributed by atoms with van der Waals surface area (Å²) in [5.41, 5.74) is 10.3. The first-order chi connectivity index (χ1) is 16.1. The van der Waals surface area contributed by atoms with Crippen LogP contribution in [0.25, 0.3) is 22.3 Å². The number of hydrogen-bond donors (Lipinski definition) is 0. The van der Waals surface area contributed by atoms with Crippen LogP contribution < -0.4 is 0 Å². The van der Waals surface area contributed by atoms with Gasteiger partial charge in [0.2, 0.25) is 0 Å². The molecule has 0 heterocycles. The van der Waals surface area contributed by atoms with E-state index in [2.05, 4.69) is 125 Å². The molecule has 0 radical (unpaired) electrons. The Morgan fingerprint density at radius 3 is 1.18 bits per heavy atom. The van der Waals surface area contributed by atoms with Crippen molar-refractivity contribution in [3.05, 3.63) is 119 Å². The third-order valence-corrected chi connectivity index (χ3v) is 6.30. The normalized spacial score (nSPS) is 11.3. The van der Waals surface area contributed by atoms with Gasteiger partial charge in [0, 0.05) is 0 Å². The van der Waals surface area contributed by atoms with Gasteiger partial charge in [-0.2, -0.15) is 0 Å². The molecule has 33 heavy (non-hydrogen) atoms. The molecular weight excluding hydrogens is 400 g/mol. The maximum absolute atomic E-state index is 6.33. The summed E-state index contributed by atoms with van der Waals surface area (Å²) in [5, 5.41) is 0. The number of rotatable bonds is 8. The Balaban J connectivity index is 1.58.